The first-order valence-corrected chi connectivity index (χ1v) is 12.7. The third-order valence-electron chi connectivity index (χ3n) is 6.17. The Labute approximate surface area is 200 Å². The van der Waals surface area contributed by atoms with Crippen LogP contribution >= 0.6 is 0 Å². The van der Waals surface area contributed by atoms with E-state index in [4.69, 9.17) is 11.5 Å². The summed E-state index contributed by atoms with van der Waals surface area (Å²) in [5.74, 6) is 0.654. The summed E-state index contributed by atoms with van der Waals surface area (Å²) in [6.45, 7) is 5.96. The molecule has 0 saturated carbocycles. The number of aromatic nitrogens is 1. The van der Waals surface area contributed by atoms with Crippen molar-refractivity contribution in [3.05, 3.63) is 53.5 Å². The number of benzene rings is 2. The van der Waals surface area contributed by atoms with E-state index in [1.54, 1.807) is 28.8 Å². The summed E-state index contributed by atoms with van der Waals surface area (Å²) in [5, 5.41) is 3.90. The monoisotopic (exact) mass is 484 g/mol. The molecule has 2 aliphatic heterocycles. The van der Waals surface area contributed by atoms with E-state index in [-0.39, 0.29) is 22.6 Å². The molecule has 0 spiro atoms. The lowest BCUT2D eigenvalue weighted by molar-refractivity contribution is 0.0816. The van der Waals surface area contributed by atoms with Crippen molar-refractivity contribution in [3.8, 4) is 11.1 Å². The second-order valence-electron chi connectivity index (χ2n) is 9.49. The molecule has 3 aromatic rings. The number of carbonyl (C=O) groups excluding carboxylic acids is 2. The van der Waals surface area contributed by atoms with Crippen molar-refractivity contribution in [2.24, 2.45) is 11.1 Å². The molecule has 5 rings (SSSR count). The highest BCUT2D eigenvalue weighted by molar-refractivity contribution is 7.85. The van der Waals surface area contributed by atoms with Gasteiger partial charge in [0.25, 0.3) is 5.91 Å². The molecule has 1 amide bonds. The highest BCUT2D eigenvalue weighted by atomic mass is 32.2. The molecule has 1 aromatic heterocycles. The number of nitrogen functional groups attached to an aromatic ring is 1. The Bertz CT molecular complexity index is 1310. The van der Waals surface area contributed by atoms with Gasteiger partial charge in [-0.1, -0.05) is 19.9 Å². The Morgan fingerprint density at radius 3 is 2.41 bits per heavy atom. The molecule has 1 fully saturated rings. The zero-order valence-electron chi connectivity index (χ0n) is 19.3. The largest absolute Gasteiger partial charge is 0.398 e. The Morgan fingerprint density at radius 1 is 1.12 bits per heavy atom. The van der Waals surface area contributed by atoms with Crippen LogP contribution in [0.5, 0.6) is 0 Å². The number of nitrogens with one attached hydrogen (secondary N) is 1. The number of fused-ring (bicyclic) bond motifs is 3. The highest BCUT2D eigenvalue weighted by Gasteiger charge is 2.35. The maximum atomic E-state index is 13.9. The van der Waals surface area contributed by atoms with Gasteiger partial charge in [0.1, 0.15) is 5.82 Å². The lowest BCUT2D eigenvalue weighted by atomic mass is 9.80. The van der Waals surface area contributed by atoms with Gasteiger partial charge < -0.3 is 16.8 Å². The van der Waals surface area contributed by atoms with Crippen LogP contribution in [-0.2, 0) is 17.2 Å². The predicted octanol–water partition coefficient (Wildman–Crippen LogP) is 3.08. The fourth-order valence-corrected chi connectivity index (χ4v) is 5.58. The molecule has 180 valence electrons. The Morgan fingerprint density at radius 2 is 1.82 bits per heavy atom. The number of anilines is 1. The minimum atomic E-state index is -0.596. The molecule has 3 heterocycles. The summed E-state index contributed by atoms with van der Waals surface area (Å²) in [4.78, 5) is 24.3. The lowest BCUT2D eigenvalue weighted by Gasteiger charge is -2.30. The number of rotatable bonds is 2. The number of hydrogen-bond donors (Lipinski definition) is 3. The molecule has 0 radical (unpaired) electrons. The fourth-order valence-electron chi connectivity index (χ4n) is 4.63. The van der Waals surface area contributed by atoms with Crippen molar-refractivity contribution < 1.29 is 18.2 Å². The van der Waals surface area contributed by atoms with Gasteiger partial charge in [-0.3, -0.25) is 18.4 Å². The van der Waals surface area contributed by atoms with Gasteiger partial charge in [0.15, 0.2) is 0 Å². The van der Waals surface area contributed by atoms with E-state index in [2.05, 4.69) is 5.32 Å². The first-order valence-electron chi connectivity index (χ1n) is 11.2. The van der Waals surface area contributed by atoms with Gasteiger partial charge in [-0.05, 0) is 47.7 Å². The molecule has 0 unspecified atom stereocenters. The molecular formula is C25H29FN4O3S. The van der Waals surface area contributed by atoms with Crippen molar-refractivity contribution >= 4 is 39.2 Å². The van der Waals surface area contributed by atoms with E-state index in [1.807, 2.05) is 13.8 Å². The van der Waals surface area contributed by atoms with Crippen LogP contribution < -0.4 is 16.8 Å². The SMILES string of the molecule is CC1(C)CC(=O)n2c(c(-c3ccc(C(N)=O)c(N)c3)c3ccc(F)cc32)C1.O=S1CCNCC1. The predicted molar refractivity (Wildman–Crippen MR) is 134 cm³/mol. The Kier molecular flexibility index (Phi) is 6.60. The summed E-state index contributed by atoms with van der Waals surface area (Å²) in [6.07, 6.45) is 1.06. The number of primary amides is 1. The standard InChI is InChI=1S/C21H20FN3O2.C4H9NOS/c1-21(2)9-17-19(11-3-5-13(20(24)27)15(23)7-11)14-6-4-12(22)8-16(14)25(17)18(26)10-21;6-7-3-1-5-2-4-7/h3-8H,9-10,23H2,1-2H3,(H2,24,27);5H,1-4H2. The average Bonchev–Trinajstić information content (AvgIpc) is 3.06. The first-order chi connectivity index (χ1) is 16.1. The molecule has 2 aromatic carbocycles. The summed E-state index contributed by atoms with van der Waals surface area (Å²) >= 11 is 0. The zero-order valence-corrected chi connectivity index (χ0v) is 20.1. The van der Waals surface area contributed by atoms with Gasteiger partial charge in [-0.2, -0.15) is 0 Å². The van der Waals surface area contributed by atoms with Crippen LogP contribution in [0.25, 0.3) is 22.0 Å². The third kappa shape index (κ3) is 4.76. The van der Waals surface area contributed by atoms with Crippen LogP contribution in [0.1, 0.15) is 41.1 Å². The number of nitrogens with two attached hydrogens (primary N) is 2. The summed E-state index contributed by atoms with van der Waals surface area (Å²) < 4.78 is 26.1. The lowest BCUT2D eigenvalue weighted by Crippen LogP contribution is -2.32. The maximum Gasteiger partial charge on any atom is 0.250 e. The molecular weight excluding hydrogens is 455 g/mol. The number of halogens is 1. The highest BCUT2D eigenvalue weighted by Crippen LogP contribution is 2.43. The van der Waals surface area contributed by atoms with Gasteiger partial charge >= 0.3 is 0 Å². The second-order valence-corrected chi connectivity index (χ2v) is 11.2. The van der Waals surface area contributed by atoms with Crippen molar-refractivity contribution in [1.29, 1.82) is 0 Å². The molecule has 0 atom stereocenters. The minimum absolute atomic E-state index is 0.0511. The molecule has 5 N–H and O–H groups in total. The number of amides is 1. The number of carbonyl (C=O) groups is 2. The van der Waals surface area contributed by atoms with Crippen LogP contribution in [-0.4, -0.2) is 45.2 Å². The van der Waals surface area contributed by atoms with Crippen LogP contribution in [0.4, 0.5) is 10.1 Å². The first kappa shape index (κ1) is 24.1. The van der Waals surface area contributed by atoms with Gasteiger partial charge in [-0.25, -0.2) is 4.39 Å². The molecule has 2 aliphatic rings. The molecule has 0 aliphatic carbocycles. The summed E-state index contributed by atoms with van der Waals surface area (Å²) in [5.41, 5.74) is 14.7. The van der Waals surface area contributed by atoms with E-state index < -0.39 is 22.5 Å². The summed E-state index contributed by atoms with van der Waals surface area (Å²) in [7, 11) is -0.503. The van der Waals surface area contributed by atoms with Gasteiger partial charge in [0, 0.05) is 64.1 Å². The molecule has 0 bridgehead atoms. The van der Waals surface area contributed by atoms with Crippen molar-refractivity contribution in [2.75, 3.05) is 30.3 Å². The zero-order chi connectivity index (χ0) is 24.6. The molecule has 7 nitrogen and oxygen atoms in total. The topological polar surface area (TPSA) is 120 Å². The molecule has 1 saturated heterocycles. The minimum Gasteiger partial charge on any atom is -0.398 e. The Balaban J connectivity index is 0.000000336. The third-order valence-corrected chi connectivity index (χ3v) is 7.49. The number of hydrogen-bond acceptors (Lipinski definition) is 5. The van der Waals surface area contributed by atoms with E-state index >= 15 is 0 Å². The van der Waals surface area contributed by atoms with Gasteiger partial charge in [-0.15, -0.1) is 0 Å². The smallest absolute Gasteiger partial charge is 0.250 e. The van der Waals surface area contributed by atoms with Crippen LogP contribution in [0.3, 0.4) is 0 Å². The van der Waals surface area contributed by atoms with Gasteiger partial charge in [0.05, 0.1) is 11.1 Å². The number of nitrogens with zero attached hydrogens (tertiary/aromatic N) is 1. The van der Waals surface area contributed by atoms with Crippen LogP contribution in [0, 0.1) is 11.2 Å². The van der Waals surface area contributed by atoms with Gasteiger partial charge in [0.2, 0.25) is 5.91 Å². The maximum absolute atomic E-state index is 13.9. The van der Waals surface area contributed by atoms with Crippen LogP contribution in [0.15, 0.2) is 36.4 Å². The van der Waals surface area contributed by atoms with Crippen molar-refractivity contribution in [3.63, 3.8) is 0 Å². The van der Waals surface area contributed by atoms with Crippen LogP contribution in [0.2, 0.25) is 0 Å². The van der Waals surface area contributed by atoms with E-state index in [1.165, 1.54) is 12.1 Å². The average molecular weight is 485 g/mol. The fraction of sp³-hybridized carbons (Fsp3) is 0.360. The van der Waals surface area contributed by atoms with E-state index in [9.17, 15) is 18.2 Å². The summed E-state index contributed by atoms with van der Waals surface area (Å²) in [6, 6.07) is 9.49. The quantitative estimate of drug-likeness (QED) is 0.483. The molecule has 34 heavy (non-hydrogen) atoms. The second kappa shape index (κ2) is 9.31. The van der Waals surface area contributed by atoms with E-state index in [0.717, 1.165) is 46.8 Å². The van der Waals surface area contributed by atoms with Crippen molar-refractivity contribution in [1.82, 2.24) is 9.88 Å². The Hall–Kier alpha value is -3.04. The van der Waals surface area contributed by atoms with E-state index in [0.29, 0.717) is 18.4 Å². The van der Waals surface area contributed by atoms with Crippen molar-refractivity contribution in [2.45, 2.75) is 26.7 Å². The molecule has 9 heteroatoms. The normalized spacial score (nSPS) is 17.7.